The van der Waals surface area contributed by atoms with Gasteiger partial charge in [-0.3, -0.25) is 19.3 Å². The molecule has 0 aromatic heterocycles. The van der Waals surface area contributed by atoms with Crippen molar-refractivity contribution >= 4 is 27.7 Å². The van der Waals surface area contributed by atoms with Crippen LogP contribution in [0.5, 0.6) is 0 Å². The number of fused-ring (bicyclic) bond motifs is 1. The summed E-state index contributed by atoms with van der Waals surface area (Å²) in [6, 6.07) is 6.49. The summed E-state index contributed by atoms with van der Waals surface area (Å²) in [4.78, 5) is 27.4. The molecule has 1 heterocycles. The molecule has 1 aliphatic heterocycles. The van der Waals surface area contributed by atoms with Crippen molar-refractivity contribution in [3.8, 4) is 0 Å². The SMILES string of the molecule is CC[C@@H](C)NC(=O)COC(=O)CCN=C1NS(=O)(=O)c2ccccc21. The van der Waals surface area contributed by atoms with Gasteiger partial charge in [0.15, 0.2) is 6.61 Å². The number of carbonyl (C=O) groups excluding carboxylic acids is 2. The first-order chi connectivity index (χ1) is 11.8. The highest BCUT2D eigenvalue weighted by Gasteiger charge is 2.29. The number of hydrogen-bond acceptors (Lipinski definition) is 6. The van der Waals surface area contributed by atoms with Crippen LogP contribution in [0.1, 0.15) is 32.3 Å². The first kappa shape index (κ1) is 18.9. The quantitative estimate of drug-likeness (QED) is 0.684. The van der Waals surface area contributed by atoms with Crippen molar-refractivity contribution in [1.82, 2.24) is 10.0 Å². The Hall–Kier alpha value is -2.42. The number of nitrogens with one attached hydrogen (secondary N) is 2. The zero-order chi connectivity index (χ0) is 18.4. The molecule has 1 amide bonds. The zero-order valence-electron chi connectivity index (χ0n) is 14.1. The van der Waals surface area contributed by atoms with E-state index in [0.29, 0.717) is 5.56 Å². The van der Waals surface area contributed by atoms with Gasteiger partial charge in [-0.1, -0.05) is 19.1 Å². The van der Waals surface area contributed by atoms with E-state index in [1.165, 1.54) is 6.07 Å². The lowest BCUT2D eigenvalue weighted by Crippen LogP contribution is -2.35. The molecule has 0 saturated carbocycles. The van der Waals surface area contributed by atoms with E-state index < -0.39 is 16.0 Å². The third kappa shape index (κ3) is 5.02. The molecule has 1 aromatic carbocycles. The highest BCUT2D eigenvalue weighted by atomic mass is 32.2. The van der Waals surface area contributed by atoms with Crippen molar-refractivity contribution in [2.45, 2.75) is 37.6 Å². The van der Waals surface area contributed by atoms with Crippen LogP contribution in [-0.2, 0) is 24.3 Å². The lowest BCUT2D eigenvalue weighted by molar-refractivity contribution is -0.148. The van der Waals surface area contributed by atoms with Gasteiger partial charge in [-0.15, -0.1) is 0 Å². The molecule has 8 nitrogen and oxygen atoms in total. The van der Waals surface area contributed by atoms with Crippen LogP contribution in [0.2, 0.25) is 0 Å². The number of carbonyl (C=O) groups is 2. The Balaban J connectivity index is 1.84. The molecule has 9 heteroatoms. The molecule has 0 spiro atoms. The van der Waals surface area contributed by atoms with Crippen molar-refractivity contribution in [3.63, 3.8) is 0 Å². The molecule has 0 saturated heterocycles. The van der Waals surface area contributed by atoms with Crippen LogP contribution in [0.25, 0.3) is 0 Å². The molecule has 0 unspecified atom stereocenters. The molecule has 25 heavy (non-hydrogen) atoms. The van der Waals surface area contributed by atoms with Gasteiger partial charge in [0, 0.05) is 11.6 Å². The summed E-state index contributed by atoms with van der Waals surface area (Å²) in [5.41, 5.74) is 0.476. The number of benzene rings is 1. The third-order valence-electron chi connectivity index (χ3n) is 3.63. The highest BCUT2D eigenvalue weighted by molar-refractivity contribution is 7.90. The normalized spacial score (nSPS) is 17.4. The summed E-state index contributed by atoms with van der Waals surface area (Å²) in [6.45, 7) is 3.51. The number of sulfonamides is 1. The molecule has 2 rings (SSSR count). The number of hydrogen-bond donors (Lipinski definition) is 2. The fourth-order valence-electron chi connectivity index (χ4n) is 2.15. The molecule has 0 bridgehead atoms. The maximum Gasteiger partial charge on any atom is 0.308 e. The van der Waals surface area contributed by atoms with Crippen LogP contribution in [-0.4, -0.2) is 45.3 Å². The molecule has 0 aliphatic carbocycles. The smallest absolute Gasteiger partial charge is 0.308 e. The van der Waals surface area contributed by atoms with E-state index in [-0.39, 0.29) is 42.3 Å². The van der Waals surface area contributed by atoms with Gasteiger partial charge in [0.25, 0.3) is 15.9 Å². The number of ether oxygens (including phenoxy) is 1. The van der Waals surface area contributed by atoms with E-state index in [0.717, 1.165) is 6.42 Å². The topological polar surface area (TPSA) is 114 Å². The van der Waals surface area contributed by atoms with Gasteiger partial charge in [0.05, 0.1) is 17.9 Å². The summed E-state index contributed by atoms with van der Waals surface area (Å²) in [5.74, 6) is -0.720. The van der Waals surface area contributed by atoms with Gasteiger partial charge in [0.1, 0.15) is 5.84 Å². The van der Waals surface area contributed by atoms with Gasteiger partial charge >= 0.3 is 5.97 Å². The number of amidine groups is 1. The molecule has 2 N–H and O–H groups in total. The van der Waals surface area contributed by atoms with E-state index in [9.17, 15) is 18.0 Å². The molecular formula is C16H21N3O5S. The Labute approximate surface area is 146 Å². The number of amides is 1. The van der Waals surface area contributed by atoms with Crippen LogP contribution in [0, 0.1) is 0 Å². The fourth-order valence-corrected chi connectivity index (χ4v) is 3.40. The van der Waals surface area contributed by atoms with E-state index in [4.69, 9.17) is 4.74 Å². The van der Waals surface area contributed by atoms with E-state index in [1.807, 2.05) is 13.8 Å². The Morgan fingerprint density at radius 2 is 2.04 bits per heavy atom. The number of nitrogens with zero attached hydrogens (tertiary/aromatic N) is 1. The first-order valence-electron chi connectivity index (χ1n) is 7.95. The van der Waals surface area contributed by atoms with E-state index in [1.54, 1.807) is 18.2 Å². The van der Waals surface area contributed by atoms with Crippen molar-refractivity contribution in [3.05, 3.63) is 29.8 Å². The number of aliphatic imine (C=N–C) groups is 1. The van der Waals surface area contributed by atoms with Crippen LogP contribution in [0.3, 0.4) is 0 Å². The Kier molecular flexibility index (Phi) is 6.13. The molecule has 1 atom stereocenters. The van der Waals surface area contributed by atoms with Gasteiger partial charge in [0.2, 0.25) is 0 Å². The van der Waals surface area contributed by atoms with Crippen LogP contribution in [0.4, 0.5) is 0 Å². The molecule has 136 valence electrons. The number of rotatable bonds is 7. The molecular weight excluding hydrogens is 346 g/mol. The number of esters is 1. The predicted octanol–water partition coefficient (Wildman–Crippen LogP) is 0.573. The van der Waals surface area contributed by atoms with Crippen molar-refractivity contribution in [2.24, 2.45) is 4.99 Å². The van der Waals surface area contributed by atoms with Gasteiger partial charge in [-0.2, -0.15) is 0 Å². The second kappa shape index (κ2) is 8.11. The van der Waals surface area contributed by atoms with Crippen LogP contribution in [0.15, 0.2) is 34.2 Å². The second-order valence-electron chi connectivity index (χ2n) is 5.62. The van der Waals surface area contributed by atoms with Crippen LogP contribution >= 0.6 is 0 Å². The van der Waals surface area contributed by atoms with Gasteiger partial charge < -0.3 is 10.1 Å². The predicted molar refractivity (Wildman–Crippen MR) is 91.6 cm³/mol. The maximum atomic E-state index is 11.9. The average molecular weight is 367 g/mol. The molecule has 1 aromatic rings. The van der Waals surface area contributed by atoms with Crippen molar-refractivity contribution < 1.29 is 22.7 Å². The third-order valence-corrected chi connectivity index (χ3v) is 5.03. The van der Waals surface area contributed by atoms with Crippen molar-refractivity contribution in [2.75, 3.05) is 13.2 Å². The van der Waals surface area contributed by atoms with Crippen molar-refractivity contribution in [1.29, 1.82) is 0 Å². The van der Waals surface area contributed by atoms with Crippen LogP contribution < -0.4 is 10.0 Å². The minimum Gasteiger partial charge on any atom is -0.456 e. The zero-order valence-corrected chi connectivity index (χ0v) is 14.9. The minimum atomic E-state index is -3.59. The lowest BCUT2D eigenvalue weighted by atomic mass is 10.2. The standard InChI is InChI=1S/C16H21N3O5S/c1-3-11(2)18-14(20)10-24-15(21)8-9-17-16-12-6-4-5-7-13(12)25(22,23)19-16/h4-7,11H,3,8-10H2,1-2H3,(H,17,19)(H,18,20)/t11-/m1/s1. The Morgan fingerprint density at radius 1 is 1.32 bits per heavy atom. The largest absolute Gasteiger partial charge is 0.456 e. The Bertz CT molecular complexity index is 789. The van der Waals surface area contributed by atoms with E-state index in [2.05, 4.69) is 15.0 Å². The van der Waals surface area contributed by atoms with Gasteiger partial charge in [-0.05, 0) is 25.5 Å². The van der Waals surface area contributed by atoms with E-state index >= 15 is 0 Å². The first-order valence-corrected chi connectivity index (χ1v) is 9.43. The second-order valence-corrected chi connectivity index (χ2v) is 7.27. The molecule has 0 fully saturated rings. The monoisotopic (exact) mass is 367 g/mol. The molecule has 1 aliphatic rings. The summed E-state index contributed by atoms with van der Waals surface area (Å²) in [7, 11) is -3.59. The molecule has 0 radical (unpaired) electrons. The summed E-state index contributed by atoms with van der Waals surface area (Å²) in [6.07, 6.45) is 0.735. The fraction of sp³-hybridized carbons (Fsp3) is 0.438. The Morgan fingerprint density at radius 3 is 2.76 bits per heavy atom. The lowest BCUT2D eigenvalue weighted by Gasteiger charge is -2.11. The summed E-state index contributed by atoms with van der Waals surface area (Å²) in [5, 5.41) is 2.69. The summed E-state index contributed by atoms with van der Waals surface area (Å²) >= 11 is 0. The average Bonchev–Trinajstić information content (AvgIpc) is 2.84. The summed E-state index contributed by atoms with van der Waals surface area (Å²) < 4.78 is 31.1. The highest BCUT2D eigenvalue weighted by Crippen LogP contribution is 2.22. The van der Waals surface area contributed by atoms with Gasteiger partial charge in [-0.25, -0.2) is 8.42 Å². The minimum absolute atomic E-state index is 0.0214. The maximum absolute atomic E-state index is 11.9.